The first-order chi connectivity index (χ1) is 8.25. The number of aromatic nitrogens is 1. The van der Waals surface area contributed by atoms with E-state index in [9.17, 15) is 4.79 Å². The maximum Gasteiger partial charge on any atom is 0.317 e. The lowest BCUT2D eigenvalue weighted by Crippen LogP contribution is -2.44. The Morgan fingerprint density at radius 2 is 2.24 bits per heavy atom. The second kappa shape index (κ2) is 5.63. The van der Waals surface area contributed by atoms with Crippen LogP contribution < -0.4 is 10.2 Å². The standard InChI is InChI=1S/C12H17N3O2/c16-12(17)9-14-10-4-7-15(8-5-10)11-3-1-2-6-13-11/h1-3,6,10,14H,4-5,7-9H2,(H,16,17). The van der Waals surface area contributed by atoms with Gasteiger partial charge < -0.3 is 15.3 Å². The molecule has 2 rings (SSSR count). The van der Waals surface area contributed by atoms with Crippen molar-refractivity contribution in [3.05, 3.63) is 24.4 Å². The Morgan fingerprint density at radius 1 is 1.47 bits per heavy atom. The highest BCUT2D eigenvalue weighted by Gasteiger charge is 2.19. The van der Waals surface area contributed by atoms with Gasteiger partial charge in [-0.15, -0.1) is 0 Å². The average molecular weight is 235 g/mol. The minimum absolute atomic E-state index is 0.0499. The van der Waals surface area contributed by atoms with Crippen molar-refractivity contribution in [2.75, 3.05) is 24.5 Å². The largest absolute Gasteiger partial charge is 0.480 e. The van der Waals surface area contributed by atoms with Crippen molar-refractivity contribution in [3.8, 4) is 0 Å². The number of carbonyl (C=O) groups is 1. The van der Waals surface area contributed by atoms with E-state index in [1.807, 2.05) is 18.2 Å². The van der Waals surface area contributed by atoms with Crippen LogP contribution >= 0.6 is 0 Å². The third-order valence-corrected chi connectivity index (χ3v) is 3.01. The minimum atomic E-state index is -0.794. The number of piperidine rings is 1. The van der Waals surface area contributed by atoms with Gasteiger partial charge in [0.2, 0.25) is 0 Å². The van der Waals surface area contributed by atoms with E-state index in [2.05, 4.69) is 15.2 Å². The molecular formula is C12H17N3O2. The summed E-state index contributed by atoms with van der Waals surface area (Å²) in [5, 5.41) is 11.6. The van der Waals surface area contributed by atoms with E-state index in [0.29, 0.717) is 6.04 Å². The van der Waals surface area contributed by atoms with Crippen LogP contribution in [-0.4, -0.2) is 41.7 Å². The molecule has 1 aromatic rings. The fourth-order valence-corrected chi connectivity index (χ4v) is 2.09. The molecule has 0 aromatic carbocycles. The van der Waals surface area contributed by atoms with Crippen molar-refractivity contribution in [1.82, 2.24) is 10.3 Å². The van der Waals surface area contributed by atoms with Gasteiger partial charge in [0.25, 0.3) is 0 Å². The summed E-state index contributed by atoms with van der Waals surface area (Å²) >= 11 is 0. The normalized spacial score (nSPS) is 17.1. The quantitative estimate of drug-likeness (QED) is 0.805. The Balaban J connectivity index is 1.80. The Bertz CT molecular complexity index is 361. The molecular weight excluding hydrogens is 218 g/mol. The summed E-state index contributed by atoms with van der Waals surface area (Å²) in [4.78, 5) is 17.0. The lowest BCUT2D eigenvalue weighted by atomic mass is 10.1. The molecule has 0 saturated carbocycles. The third-order valence-electron chi connectivity index (χ3n) is 3.01. The Morgan fingerprint density at radius 3 is 2.82 bits per heavy atom. The molecule has 17 heavy (non-hydrogen) atoms. The van der Waals surface area contributed by atoms with Gasteiger partial charge in [0.1, 0.15) is 5.82 Å². The molecule has 1 aliphatic rings. The molecule has 1 aliphatic heterocycles. The van der Waals surface area contributed by atoms with E-state index in [1.54, 1.807) is 6.20 Å². The summed E-state index contributed by atoms with van der Waals surface area (Å²) in [5.74, 6) is 0.210. The van der Waals surface area contributed by atoms with Gasteiger partial charge in [-0.1, -0.05) is 6.07 Å². The van der Waals surface area contributed by atoms with E-state index >= 15 is 0 Å². The van der Waals surface area contributed by atoms with Gasteiger partial charge in [0.05, 0.1) is 6.54 Å². The maximum atomic E-state index is 10.4. The number of nitrogens with zero attached hydrogens (tertiary/aromatic N) is 2. The van der Waals surface area contributed by atoms with Crippen molar-refractivity contribution in [1.29, 1.82) is 0 Å². The monoisotopic (exact) mass is 235 g/mol. The van der Waals surface area contributed by atoms with Crippen LogP contribution in [0.4, 0.5) is 5.82 Å². The summed E-state index contributed by atoms with van der Waals surface area (Å²) in [6.07, 6.45) is 3.72. The molecule has 0 amide bonds. The summed E-state index contributed by atoms with van der Waals surface area (Å²) in [6.45, 7) is 1.90. The molecule has 1 saturated heterocycles. The number of nitrogens with one attached hydrogen (secondary N) is 1. The summed E-state index contributed by atoms with van der Waals surface area (Å²) in [5.41, 5.74) is 0. The Hall–Kier alpha value is -1.62. The number of rotatable bonds is 4. The molecule has 92 valence electrons. The first-order valence-electron chi connectivity index (χ1n) is 5.87. The number of pyridine rings is 1. The lowest BCUT2D eigenvalue weighted by Gasteiger charge is -2.32. The summed E-state index contributed by atoms with van der Waals surface area (Å²) < 4.78 is 0. The molecule has 0 radical (unpaired) electrons. The number of aliphatic carboxylic acids is 1. The molecule has 0 bridgehead atoms. The number of carboxylic acids is 1. The zero-order chi connectivity index (χ0) is 12.1. The average Bonchev–Trinajstić information content (AvgIpc) is 2.38. The van der Waals surface area contributed by atoms with Crippen LogP contribution in [0.15, 0.2) is 24.4 Å². The molecule has 1 aromatic heterocycles. The second-order valence-electron chi connectivity index (χ2n) is 4.22. The van der Waals surface area contributed by atoms with Crippen LogP contribution in [0, 0.1) is 0 Å². The van der Waals surface area contributed by atoms with Crippen LogP contribution in [0.5, 0.6) is 0 Å². The first-order valence-corrected chi connectivity index (χ1v) is 5.87. The molecule has 0 atom stereocenters. The van der Waals surface area contributed by atoms with Gasteiger partial charge in [-0.2, -0.15) is 0 Å². The number of hydrogen-bond donors (Lipinski definition) is 2. The topological polar surface area (TPSA) is 65.5 Å². The first kappa shape index (κ1) is 11.9. The van der Waals surface area contributed by atoms with E-state index in [1.165, 1.54) is 0 Å². The second-order valence-corrected chi connectivity index (χ2v) is 4.22. The molecule has 0 unspecified atom stereocenters. The molecule has 2 heterocycles. The third kappa shape index (κ3) is 3.42. The van der Waals surface area contributed by atoms with Crippen molar-refractivity contribution in [3.63, 3.8) is 0 Å². The zero-order valence-electron chi connectivity index (χ0n) is 9.67. The minimum Gasteiger partial charge on any atom is -0.480 e. The molecule has 1 fully saturated rings. The highest BCUT2D eigenvalue weighted by molar-refractivity contribution is 5.69. The van der Waals surface area contributed by atoms with Crippen molar-refractivity contribution >= 4 is 11.8 Å². The summed E-state index contributed by atoms with van der Waals surface area (Å²) in [7, 11) is 0. The van der Waals surface area contributed by atoms with Gasteiger partial charge in [-0.3, -0.25) is 4.79 Å². The van der Waals surface area contributed by atoms with Gasteiger partial charge in [0, 0.05) is 25.3 Å². The van der Waals surface area contributed by atoms with Crippen LogP contribution in [0.2, 0.25) is 0 Å². The predicted octanol–water partition coefficient (Wildman–Crippen LogP) is 0.725. The smallest absolute Gasteiger partial charge is 0.317 e. The van der Waals surface area contributed by atoms with Crippen molar-refractivity contribution < 1.29 is 9.90 Å². The Labute approximate surface area is 100 Å². The molecule has 0 spiro atoms. The highest BCUT2D eigenvalue weighted by atomic mass is 16.4. The van der Waals surface area contributed by atoms with Crippen LogP contribution in [0.25, 0.3) is 0 Å². The SMILES string of the molecule is O=C(O)CNC1CCN(c2ccccn2)CC1. The zero-order valence-corrected chi connectivity index (χ0v) is 9.67. The number of anilines is 1. The van der Waals surface area contributed by atoms with Crippen LogP contribution in [0.1, 0.15) is 12.8 Å². The van der Waals surface area contributed by atoms with E-state index < -0.39 is 5.97 Å². The highest BCUT2D eigenvalue weighted by Crippen LogP contribution is 2.16. The maximum absolute atomic E-state index is 10.4. The van der Waals surface area contributed by atoms with Crippen LogP contribution in [0.3, 0.4) is 0 Å². The lowest BCUT2D eigenvalue weighted by molar-refractivity contribution is -0.136. The van der Waals surface area contributed by atoms with Crippen molar-refractivity contribution in [2.24, 2.45) is 0 Å². The summed E-state index contributed by atoms with van der Waals surface area (Å²) in [6, 6.07) is 6.21. The van der Waals surface area contributed by atoms with Gasteiger partial charge in [-0.05, 0) is 25.0 Å². The molecule has 5 heteroatoms. The van der Waals surface area contributed by atoms with Gasteiger partial charge in [0.15, 0.2) is 0 Å². The van der Waals surface area contributed by atoms with Gasteiger partial charge >= 0.3 is 5.97 Å². The van der Waals surface area contributed by atoms with Gasteiger partial charge in [-0.25, -0.2) is 4.98 Å². The fraction of sp³-hybridized carbons (Fsp3) is 0.500. The Kier molecular flexibility index (Phi) is 3.93. The van der Waals surface area contributed by atoms with E-state index in [0.717, 1.165) is 31.7 Å². The molecule has 2 N–H and O–H groups in total. The molecule has 0 aliphatic carbocycles. The number of carboxylic acid groups (broad SMARTS) is 1. The fourth-order valence-electron chi connectivity index (χ4n) is 2.09. The van der Waals surface area contributed by atoms with Crippen LogP contribution in [-0.2, 0) is 4.79 Å². The molecule has 5 nitrogen and oxygen atoms in total. The predicted molar refractivity (Wildman–Crippen MR) is 65.1 cm³/mol. The van der Waals surface area contributed by atoms with E-state index in [-0.39, 0.29) is 6.54 Å². The van der Waals surface area contributed by atoms with Crippen molar-refractivity contribution in [2.45, 2.75) is 18.9 Å². The van der Waals surface area contributed by atoms with E-state index in [4.69, 9.17) is 5.11 Å². The number of hydrogen-bond acceptors (Lipinski definition) is 4.